The van der Waals surface area contributed by atoms with Crippen molar-refractivity contribution in [2.24, 2.45) is 0 Å². The molecule has 2 unspecified atom stereocenters. The minimum Gasteiger partial charge on any atom is -0.388 e. The van der Waals surface area contributed by atoms with E-state index in [1.807, 2.05) is 50.2 Å². The molecule has 2 aromatic rings. The van der Waals surface area contributed by atoms with E-state index in [0.717, 1.165) is 59.1 Å². The lowest BCUT2D eigenvalue weighted by atomic mass is 9.75. The van der Waals surface area contributed by atoms with Crippen molar-refractivity contribution in [1.82, 2.24) is 0 Å². The quantitative estimate of drug-likeness (QED) is 0.392. The molecule has 0 heterocycles. The maximum atomic E-state index is 14.3. The van der Waals surface area contributed by atoms with E-state index in [9.17, 15) is 15.0 Å². The van der Waals surface area contributed by atoms with E-state index < -0.39 is 12.2 Å². The average Bonchev–Trinajstić information content (AvgIpc) is 2.91. The molecule has 0 saturated heterocycles. The zero-order valence-corrected chi connectivity index (χ0v) is 21.1. The molecule has 2 atom stereocenters. The Balaban J connectivity index is 1.86. The Morgan fingerprint density at radius 2 is 1.09 bits per heavy atom. The third-order valence-corrected chi connectivity index (χ3v) is 8.29. The number of aliphatic hydroxyl groups is 2. The first-order valence-electron chi connectivity index (χ1n) is 13.7. The average molecular weight is 463 g/mol. The summed E-state index contributed by atoms with van der Waals surface area (Å²) in [5.74, 6) is 0.719. The molecular formula is C31H42O3. The zero-order valence-electron chi connectivity index (χ0n) is 21.1. The first-order chi connectivity index (χ1) is 16.6. The summed E-state index contributed by atoms with van der Waals surface area (Å²) in [5, 5.41) is 21.8. The highest BCUT2D eigenvalue weighted by Crippen LogP contribution is 2.42. The molecular weight excluding hydrogens is 420 g/mol. The number of carbonyl (C=O) groups is 1. The Morgan fingerprint density at radius 1 is 0.706 bits per heavy atom. The monoisotopic (exact) mass is 462 g/mol. The van der Waals surface area contributed by atoms with Gasteiger partial charge >= 0.3 is 0 Å². The van der Waals surface area contributed by atoms with Gasteiger partial charge in [0.2, 0.25) is 0 Å². The van der Waals surface area contributed by atoms with Gasteiger partial charge in [-0.05, 0) is 72.6 Å². The van der Waals surface area contributed by atoms with Gasteiger partial charge in [0, 0.05) is 11.1 Å². The van der Waals surface area contributed by atoms with E-state index in [-0.39, 0.29) is 5.78 Å². The molecule has 2 aliphatic carbocycles. The lowest BCUT2D eigenvalue weighted by molar-refractivity contribution is 0.103. The van der Waals surface area contributed by atoms with Crippen molar-refractivity contribution in [3.8, 4) is 0 Å². The number of benzene rings is 2. The molecule has 2 N–H and O–H groups in total. The van der Waals surface area contributed by atoms with Crippen LogP contribution in [0.4, 0.5) is 0 Å². The molecule has 0 aliphatic heterocycles. The van der Waals surface area contributed by atoms with Crippen molar-refractivity contribution in [2.45, 2.75) is 115 Å². The molecule has 0 bridgehead atoms. The Kier molecular flexibility index (Phi) is 8.60. The van der Waals surface area contributed by atoms with Crippen LogP contribution >= 0.6 is 0 Å². The second kappa shape index (κ2) is 11.6. The maximum Gasteiger partial charge on any atom is 0.193 e. The van der Waals surface area contributed by atoms with Gasteiger partial charge in [-0.3, -0.25) is 4.79 Å². The second-order valence-electron chi connectivity index (χ2n) is 10.5. The molecule has 184 valence electrons. The summed E-state index contributed by atoms with van der Waals surface area (Å²) in [7, 11) is 0. The standard InChI is InChI=1S/C31H42O3/c1-3-27(32)23-17-11-19-25(29(23)21-13-7-5-8-14-21)31(34)26-20-12-18-24(28(33)4-2)30(26)22-15-9-6-10-16-22/h11-12,17-22,27-28,32-33H,3-10,13-16H2,1-2H3. The molecule has 2 saturated carbocycles. The molecule has 4 rings (SSSR count). The SMILES string of the molecule is CCC(O)c1cccc(C(=O)c2cccc(C(O)CC)c2C2CCCCC2)c1C1CCCCC1. The summed E-state index contributed by atoms with van der Waals surface area (Å²) in [5.41, 5.74) is 5.55. The predicted octanol–water partition coefficient (Wildman–Crippen LogP) is 7.90. The highest BCUT2D eigenvalue weighted by molar-refractivity contribution is 6.11. The number of ketones is 1. The largest absolute Gasteiger partial charge is 0.388 e. The normalized spacial score (nSPS) is 19.6. The van der Waals surface area contributed by atoms with Gasteiger partial charge in [0.1, 0.15) is 0 Å². The van der Waals surface area contributed by atoms with Crippen LogP contribution in [0.3, 0.4) is 0 Å². The van der Waals surface area contributed by atoms with Gasteiger partial charge in [0.15, 0.2) is 5.78 Å². The number of hydrogen-bond acceptors (Lipinski definition) is 3. The summed E-state index contributed by atoms with van der Waals surface area (Å²) < 4.78 is 0. The fourth-order valence-electron chi connectivity index (χ4n) is 6.42. The summed E-state index contributed by atoms with van der Waals surface area (Å²) in [6.07, 6.45) is 11.7. The van der Waals surface area contributed by atoms with Crippen molar-refractivity contribution in [1.29, 1.82) is 0 Å². The lowest BCUT2D eigenvalue weighted by Gasteiger charge is -2.30. The highest BCUT2D eigenvalue weighted by Gasteiger charge is 2.30. The van der Waals surface area contributed by atoms with Gasteiger partial charge in [0.25, 0.3) is 0 Å². The fourth-order valence-corrected chi connectivity index (χ4v) is 6.42. The summed E-state index contributed by atoms with van der Waals surface area (Å²) in [4.78, 5) is 14.3. The number of rotatable bonds is 8. The number of carbonyl (C=O) groups excluding carboxylic acids is 1. The first-order valence-corrected chi connectivity index (χ1v) is 13.7. The Morgan fingerprint density at radius 3 is 1.44 bits per heavy atom. The highest BCUT2D eigenvalue weighted by atomic mass is 16.3. The van der Waals surface area contributed by atoms with Crippen molar-refractivity contribution in [3.05, 3.63) is 69.8 Å². The Bertz CT molecular complexity index is 889. The Hall–Kier alpha value is -1.97. The van der Waals surface area contributed by atoms with Crippen molar-refractivity contribution in [3.63, 3.8) is 0 Å². The van der Waals surface area contributed by atoms with E-state index in [4.69, 9.17) is 0 Å². The second-order valence-corrected chi connectivity index (χ2v) is 10.5. The molecule has 2 aliphatic rings. The predicted molar refractivity (Wildman–Crippen MR) is 138 cm³/mol. The summed E-state index contributed by atoms with van der Waals surface area (Å²) in [6.45, 7) is 4.00. The van der Waals surface area contributed by atoms with E-state index >= 15 is 0 Å². The van der Waals surface area contributed by atoms with Crippen LogP contribution in [-0.2, 0) is 0 Å². The van der Waals surface area contributed by atoms with Crippen LogP contribution in [0.25, 0.3) is 0 Å². The van der Waals surface area contributed by atoms with Crippen molar-refractivity contribution in [2.75, 3.05) is 0 Å². The van der Waals surface area contributed by atoms with E-state index in [1.165, 1.54) is 38.5 Å². The molecule has 0 spiro atoms. The first kappa shape index (κ1) is 25.1. The van der Waals surface area contributed by atoms with Crippen LogP contribution in [0.5, 0.6) is 0 Å². The molecule has 0 radical (unpaired) electrons. The van der Waals surface area contributed by atoms with Gasteiger partial charge < -0.3 is 10.2 Å². The number of aliphatic hydroxyl groups excluding tert-OH is 2. The lowest BCUT2D eigenvalue weighted by Crippen LogP contribution is -2.19. The van der Waals surface area contributed by atoms with Crippen LogP contribution in [-0.4, -0.2) is 16.0 Å². The summed E-state index contributed by atoms with van der Waals surface area (Å²) >= 11 is 0. The third-order valence-electron chi connectivity index (χ3n) is 8.29. The molecule has 3 heteroatoms. The van der Waals surface area contributed by atoms with E-state index in [0.29, 0.717) is 24.7 Å². The molecule has 0 aromatic heterocycles. The zero-order chi connectivity index (χ0) is 24.1. The van der Waals surface area contributed by atoms with Gasteiger partial charge in [-0.1, -0.05) is 88.8 Å². The van der Waals surface area contributed by atoms with Gasteiger partial charge in [-0.25, -0.2) is 0 Å². The number of hydrogen-bond donors (Lipinski definition) is 2. The minimum atomic E-state index is -0.546. The van der Waals surface area contributed by atoms with Crippen LogP contribution in [0, 0.1) is 0 Å². The van der Waals surface area contributed by atoms with E-state index in [1.54, 1.807) is 0 Å². The van der Waals surface area contributed by atoms with Crippen LogP contribution in [0.15, 0.2) is 36.4 Å². The van der Waals surface area contributed by atoms with Gasteiger partial charge in [-0.15, -0.1) is 0 Å². The molecule has 2 aromatic carbocycles. The van der Waals surface area contributed by atoms with Crippen molar-refractivity contribution >= 4 is 5.78 Å². The molecule has 3 nitrogen and oxygen atoms in total. The van der Waals surface area contributed by atoms with E-state index in [2.05, 4.69) is 0 Å². The fraction of sp³-hybridized carbons (Fsp3) is 0.581. The summed E-state index contributed by atoms with van der Waals surface area (Å²) in [6, 6.07) is 11.9. The maximum absolute atomic E-state index is 14.3. The van der Waals surface area contributed by atoms with Crippen molar-refractivity contribution < 1.29 is 15.0 Å². The smallest absolute Gasteiger partial charge is 0.193 e. The van der Waals surface area contributed by atoms with Gasteiger partial charge in [-0.2, -0.15) is 0 Å². The van der Waals surface area contributed by atoms with Crippen LogP contribution in [0.1, 0.15) is 153 Å². The third kappa shape index (κ3) is 5.16. The minimum absolute atomic E-state index is 0.0662. The Labute approximate surface area is 205 Å². The van der Waals surface area contributed by atoms with Gasteiger partial charge in [0.05, 0.1) is 12.2 Å². The molecule has 0 amide bonds. The van der Waals surface area contributed by atoms with Crippen LogP contribution < -0.4 is 0 Å². The molecule has 34 heavy (non-hydrogen) atoms. The van der Waals surface area contributed by atoms with Crippen LogP contribution in [0.2, 0.25) is 0 Å². The molecule has 2 fully saturated rings. The topological polar surface area (TPSA) is 57.5 Å².